The number of para-hydroxylation sites is 1. The summed E-state index contributed by atoms with van der Waals surface area (Å²) in [6.45, 7) is 1.43. The highest BCUT2D eigenvalue weighted by Crippen LogP contribution is 2.30. The number of thiocarbonyl (C=S) groups is 1. The number of nitrogens with one attached hydrogen (secondary N) is 2. The summed E-state index contributed by atoms with van der Waals surface area (Å²) in [5.74, 6) is 0. The molecule has 31 heavy (non-hydrogen) atoms. The van der Waals surface area contributed by atoms with Gasteiger partial charge in [-0.15, -0.1) is 0 Å². The summed E-state index contributed by atoms with van der Waals surface area (Å²) < 4.78 is 43.5. The Labute approximate surface area is 182 Å². The lowest BCUT2D eigenvalue weighted by molar-refractivity contribution is -0.137. The lowest BCUT2D eigenvalue weighted by Gasteiger charge is -2.26. The molecule has 5 nitrogen and oxygen atoms in total. The minimum atomic E-state index is -4.40. The van der Waals surface area contributed by atoms with Gasteiger partial charge in [-0.2, -0.15) is 13.2 Å². The maximum Gasteiger partial charge on any atom is 0.416 e. The number of halogens is 3. The van der Waals surface area contributed by atoms with E-state index in [1.54, 1.807) is 7.11 Å². The lowest BCUT2D eigenvalue weighted by Crippen LogP contribution is -2.35. The van der Waals surface area contributed by atoms with E-state index >= 15 is 0 Å². The van der Waals surface area contributed by atoms with Crippen molar-refractivity contribution in [2.75, 3.05) is 25.6 Å². The molecule has 0 spiro atoms. The molecule has 0 amide bonds. The number of alkyl halides is 3. The Balaban J connectivity index is 1.82. The van der Waals surface area contributed by atoms with E-state index in [-0.39, 0.29) is 5.56 Å². The van der Waals surface area contributed by atoms with Crippen LogP contribution in [0.4, 0.5) is 18.9 Å². The van der Waals surface area contributed by atoms with E-state index in [2.05, 4.69) is 10.3 Å². The molecule has 0 aliphatic carbocycles. The van der Waals surface area contributed by atoms with Crippen LogP contribution in [0.3, 0.4) is 0 Å². The molecule has 0 unspecified atom stereocenters. The summed E-state index contributed by atoms with van der Waals surface area (Å²) in [4.78, 5) is 16.8. The Morgan fingerprint density at radius 1 is 1.16 bits per heavy atom. The minimum Gasteiger partial charge on any atom is -0.385 e. The van der Waals surface area contributed by atoms with E-state index in [0.717, 1.165) is 28.6 Å². The summed E-state index contributed by atoms with van der Waals surface area (Å²) in [5.41, 5.74) is 1.03. The van der Waals surface area contributed by atoms with Crippen LogP contribution in [0.1, 0.15) is 17.5 Å². The van der Waals surface area contributed by atoms with Gasteiger partial charge in [0.05, 0.1) is 5.56 Å². The largest absolute Gasteiger partial charge is 0.416 e. The Bertz CT molecular complexity index is 1100. The van der Waals surface area contributed by atoms with Gasteiger partial charge < -0.3 is 19.9 Å². The van der Waals surface area contributed by atoms with E-state index in [4.69, 9.17) is 17.0 Å². The van der Waals surface area contributed by atoms with Gasteiger partial charge in [-0.3, -0.25) is 4.79 Å². The van der Waals surface area contributed by atoms with Gasteiger partial charge in [-0.1, -0.05) is 18.2 Å². The number of aromatic nitrogens is 1. The summed E-state index contributed by atoms with van der Waals surface area (Å²) >= 11 is 5.53. The first-order valence-corrected chi connectivity index (χ1v) is 10.0. The van der Waals surface area contributed by atoms with E-state index in [9.17, 15) is 18.0 Å². The molecule has 0 saturated carbocycles. The number of benzene rings is 2. The highest BCUT2D eigenvalue weighted by molar-refractivity contribution is 7.80. The predicted octanol–water partition coefficient (Wildman–Crippen LogP) is 4.78. The number of methoxy groups -OCH3 is 1. The number of nitrogens with zero attached hydrogens (tertiary/aromatic N) is 1. The van der Waals surface area contributed by atoms with Gasteiger partial charge in [-0.05, 0) is 54.5 Å². The van der Waals surface area contributed by atoms with Crippen molar-refractivity contribution >= 4 is 33.9 Å². The highest BCUT2D eigenvalue weighted by atomic mass is 32.1. The molecule has 0 radical (unpaired) electrons. The van der Waals surface area contributed by atoms with Gasteiger partial charge in [0.2, 0.25) is 5.56 Å². The molecular weight excluding hydrogens is 427 g/mol. The van der Waals surface area contributed by atoms with Crippen molar-refractivity contribution in [2.24, 2.45) is 0 Å². The van der Waals surface area contributed by atoms with E-state index in [1.807, 2.05) is 29.2 Å². The third-order valence-electron chi connectivity index (χ3n) is 4.72. The molecule has 1 heterocycles. The predicted molar refractivity (Wildman–Crippen MR) is 119 cm³/mol. The number of aromatic amines is 1. The molecule has 2 aromatic carbocycles. The van der Waals surface area contributed by atoms with E-state index < -0.39 is 11.7 Å². The Morgan fingerprint density at radius 3 is 2.55 bits per heavy atom. The lowest BCUT2D eigenvalue weighted by atomic mass is 10.1. The van der Waals surface area contributed by atoms with Crippen molar-refractivity contribution in [3.05, 3.63) is 76.1 Å². The number of rotatable bonds is 7. The normalized spacial score (nSPS) is 11.5. The van der Waals surface area contributed by atoms with Crippen molar-refractivity contribution < 1.29 is 17.9 Å². The number of H-pyrrole nitrogens is 1. The fourth-order valence-electron chi connectivity index (χ4n) is 3.21. The van der Waals surface area contributed by atoms with Crippen molar-refractivity contribution in [2.45, 2.75) is 19.1 Å². The van der Waals surface area contributed by atoms with Crippen LogP contribution < -0.4 is 10.9 Å². The second kappa shape index (κ2) is 9.93. The van der Waals surface area contributed by atoms with Crippen LogP contribution >= 0.6 is 12.2 Å². The van der Waals surface area contributed by atoms with Crippen molar-refractivity contribution in [1.29, 1.82) is 0 Å². The molecule has 0 fully saturated rings. The fraction of sp³-hybridized carbons (Fsp3) is 0.273. The molecule has 3 aromatic rings. The third kappa shape index (κ3) is 6.05. The smallest absolute Gasteiger partial charge is 0.385 e. The molecular formula is C22H22F3N3O2S. The van der Waals surface area contributed by atoms with Crippen LogP contribution in [0.5, 0.6) is 0 Å². The molecule has 3 rings (SSSR count). The summed E-state index contributed by atoms with van der Waals surface area (Å²) in [6.07, 6.45) is -3.71. The molecule has 2 N–H and O–H groups in total. The first-order valence-electron chi connectivity index (χ1n) is 9.61. The Hall–Kier alpha value is -2.91. The van der Waals surface area contributed by atoms with Crippen LogP contribution in [0.25, 0.3) is 10.9 Å². The summed E-state index contributed by atoms with van der Waals surface area (Å²) in [6, 6.07) is 13.7. The Morgan fingerprint density at radius 2 is 1.87 bits per heavy atom. The zero-order chi connectivity index (χ0) is 22.4. The van der Waals surface area contributed by atoms with Crippen LogP contribution in [-0.4, -0.2) is 35.3 Å². The quantitative estimate of drug-likeness (QED) is 0.402. The minimum absolute atomic E-state index is 0.216. The summed E-state index contributed by atoms with van der Waals surface area (Å²) in [7, 11) is 1.60. The van der Waals surface area contributed by atoms with Crippen LogP contribution in [0.2, 0.25) is 0 Å². The average Bonchev–Trinajstić information content (AvgIpc) is 2.72. The number of ether oxygens (including phenoxy) is 1. The molecule has 1 aromatic heterocycles. The third-order valence-corrected chi connectivity index (χ3v) is 5.08. The number of hydrogen-bond donors (Lipinski definition) is 2. The number of anilines is 1. The maximum absolute atomic E-state index is 12.8. The Kier molecular flexibility index (Phi) is 7.29. The van der Waals surface area contributed by atoms with Gasteiger partial charge in [0.25, 0.3) is 0 Å². The van der Waals surface area contributed by atoms with Crippen LogP contribution in [0, 0.1) is 0 Å². The topological polar surface area (TPSA) is 57.4 Å². The summed E-state index contributed by atoms with van der Waals surface area (Å²) in [5, 5.41) is 4.24. The zero-order valence-corrected chi connectivity index (χ0v) is 17.6. The molecule has 0 aliphatic rings. The first kappa shape index (κ1) is 22.8. The van der Waals surface area contributed by atoms with Gasteiger partial charge in [-0.25, -0.2) is 0 Å². The fourth-order valence-corrected chi connectivity index (χ4v) is 3.48. The SMILES string of the molecule is COCCCN(Cc1cc(=O)[nH]c2ccccc12)C(=S)Nc1ccc(C(F)(F)F)cc1. The molecule has 0 aliphatic heterocycles. The standard InChI is InChI=1S/C22H22F3N3O2S/c1-30-12-4-11-28(14-15-13-20(29)27-19-6-3-2-5-18(15)19)21(31)26-17-9-7-16(8-10-17)22(23,24)25/h2-3,5-10,13H,4,11-12,14H2,1H3,(H,26,31)(H,27,29). The number of fused-ring (bicyclic) bond motifs is 1. The van der Waals surface area contributed by atoms with Gasteiger partial charge in [0.1, 0.15) is 0 Å². The van der Waals surface area contributed by atoms with Gasteiger partial charge in [0.15, 0.2) is 5.11 Å². The zero-order valence-electron chi connectivity index (χ0n) is 16.8. The average molecular weight is 449 g/mol. The van der Waals surface area contributed by atoms with Gasteiger partial charge >= 0.3 is 6.18 Å². The van der Waals surface area contributed by atoms with Gasteiger partial charge in [0, 0.05) is 49.5 Å². The van der Waals surface area contributed by atoms with E-state index in [0.29, 0.717) is 36.9 Å². The first-order chi connectivity index (χ1) is 14.8. The highest BCUT2D eigenvalue weighted by Gasteiger charge is 2.30. The van der Waals surface area contributed by atoms with E-state index in [1.165, 1.54) is 18.2 Å². The number of pyridine rings is 1. The van der Waals surface area contributed by atoms with Crippen molar-refractivity contribution in [3.8, 4) is 0 Å². The molecule has 164 valence electrons. The second-order valence-corrected chi connectivity index (χ2v) is 7.36. The molecule has 0 saturated heterocycles. The number of hydrogen-bond acceptors (Lipinski definition) is 3. The van der Waals surface area contributed by atoms with Crippen molar-refractivity contribution in [1.82, 2.24) is 9.88 Å². The molecule has 0 atom stereocenters. The molecule has 0 bridgehead atoms. The van der Waals surface area contributed by atoms with Crippen molar-refractivity contribution in [3.63, 3.8) is 0 Å². The molecule has 9 heteroatoms. The van der Waals surface area contributed by atoms with Crippen LogP contribution in [0.15, 0.2) is 59.4 Å². The van der Waals surface area contributed by atoms with Crippen LogP contribution in [-0.2, 0) is 17.5 Å². The monoisotopic (exact) mass is 449 g/mol. The maximum atomic E-state index is 12.8. The second-order valence-electron chi connectivity index (χ2n) is 6.98.